The zero-order chi connectivity index (χ0) is 31.6. The van der Waals surface area contributed by atoms with Gasteiger partial charge in [0.1, 0.15) is 12.0 Å². The first-order valence-corrected chi connectivity index (χ1v) is 13.4. The van der Waals surface area contributed by atoms with E-state index >= 15 is 0 Å². The first-order chi connectivity index (χ1) is 20.2. The number of aldehydes is 1. The van der Waals surface area contributed by atoms with Crippen molar-refractivity contribution in [1.29, 1.82) is 0 Å². The van der Waals surface area contributed by atoms with Crippen molar-refractivity contribution in [2.45, 2.75) is 39.9 Å². The lowest BCUT2D eigenvalue weighted by Gasteiger charge is -2.22. The molecule has 12 heteroatoms. The van der Waals surface area contributed by atoms with Gasteiger partial charge in [0.15, 0.2) is 11.5 Å². The molecule has 1 aromatic carbocycles. The maximum Gasteiger partial charge on any atom is 0.435 e. The number of rotatable bonds is 8. The minimum atomic E-state index is -4.64. The molecule has 0 aliphatic rings. The predicted octanol–water partition coefficient (Wildman–Crippen LogP) is 5.72. The monoisotopic (exact) mass is 591 g/mol. The largest absolute Gasteiger partial charge is 0.435 e. The Bertz CT molecular complexity index is 1810. The number of pyridine rings is 2. The highest BCUT2D eigenvalue weighted by molar-refractivity contribution is 5.90. The van der Waals surface area contributed by atoms with Crippen LogP contribution >= 0.6 is 0 Å². The number of hydrogen-bond acceptors (Lipinski definition) is 7. The van der Waals surface area contributed by atoms with E-state index in [1.54, 1.807) is 52.0 Å². The van der Waals surface area contributed by atoms with E-state index in [9.17, 15) is 22.8 Å². The van der Waals surface area contributed by atoms with Crippen molar-refractivity contribution in [1.82, 2.24) is 24.4 Å². The molecule has 0 unspecified atom stereocenters. The summed E-state index contributed by atoms with van der Waals surface area (Å²) in [4.78, 5) is 43.6. The van der Waals surface area contributed by atoms with Gasteiger partial charge in [0, 0.05) is 61.8 Å². The quantitative estimate of drug-likeness (QED) is 0.121. The molecule has 1 N–H and O–H groups in total. The van der Waals surface area contributed by atoms with Gasteiger partial charge in [-0.05, 0) is 68.5 Å². The molecule has 9 nitrogen and oxygen atoms in total. The number of hydrogen-bond donors (Lipinski definition) is 1. The number of aryl methyl sites for hydroxylation is 2. The summed E-state index contributed by atoms with van der Waals surface area (Å²) >= 11 is 0. The Kier molecular flexibility index (Phi) is 8.79. The molecular formula is C31H32F3N7O2. The number of halogens is 3. The summed E-state index contributed by atoms with van der Waals surface area (Å²) < 4.78 is 42.8. The molecule has 3 aromatic heterocycles. The van der Waals surface area contributed by atoms with Crippen molar-refractivity contribution >= 4 is 34.8 Å². The van der Waals surface area contributed by atoms with Crippen LogP contribution in [0, 0.1) is 13.8 Å². The van der Waals surface area contributed by atoms with Crippen LogP contribution in [-0.4, -0.2) is 51.1 Å². The molecule has 0 aliphatic carbocycles. The zero-order valence-corrected chi connectivity index (χ0v) is 24.9. The molecule has 0 saturated carbocycles. The molecule has 43 heavy (non-hydrogen) atoms. The molecule has 4 rings (SSSR count). The summed E-state index contributed by atoms with van der Waals surface area (Å²) in [6.45, 7) is 6.68. The highest BCUT2D eigenvalue weighted by Gasteiger charge is 2.36. The van der Waals surface area contributed by atoms with E-state index in [0.717, 1.165) is 5.56 Å². The summed E-state index contributed by atoms with van der Waals surface area (Å²) in [5.41, 5.74) is 1.93. The van der Waals surface area contributed by atoms with Crippen molar-refractivity contribution in [3.05, 3.63) is 87.0 Å². The molecule has 0 amide bonds. The van der Waals surface area contributed by atoms with Crippen molar-refractivity contribution in [3.8, 4) is 11.3 Å². The molecule has 0 fully saturated rings. The number of nitrogens with one attached hydrogen (secondary N) is 1. The Balaban J connectivity index is 1.82. The van der Waals surface area contributed by atoms with E-state index in [1.165, 1.54) is 42.4 Å². The number of carbonyl (C=O) groups excluding carboxylic acids is 1. The zero-order valence-electron chi connectivity index (χ0n) is 24.9. The first kappa shape index (κ1) is 31.1. The van der Waals surface area contributed by atoms with Crippen LogP contribution in [0.25, 0.3) is 27.7 Å². The number of benzene rings is 1. The van der Waals surface area contributed by atoms with Crippen molar-refractivity contribution in [2.75, 3.05) is 19.4 Å². The summed E-state index contributed by atoms with van der Waals surface area (Å²) in [6, 6.07) is 7.67. The van der Waals surface area contributed by atoms with Gasteiger partial charge in [-0.25, -0.2) is 19.9 Å². The second-order valence-electron chi connectivity index (χ2n) is 10.6. The van der Waals surface area contributed by atoms with Gasteiger partial charge >= 0.3 is 6.18 Å². The third-order valence-corrected chi connectivity index (χ3v) is 6.80. The van der Waals surface area contributed by atoms with Crippen LogP contribution < -0.4 is 10.9 Å². The number of anilines is 1. The minimum Gasteiger partial charge on any atom is -0.377 e. The van der Waals surface area contributed by atoms with E-state index in [2.05, 4.69) is 25.3 Å². The fourth-order valence-electron chi connectivity index (χ4n) is 4.67. The molecule has 0 bridgehead atoms. The average molecular weight is 592 g/mol. The van der Waals surface area contributed by atoms with Crippen molar-refractivity contribution < 1.29 is 18.0 Å². The molecule has 224 valence electrons. The normalized spacial score (nSPS) is 13.3. The third-order valence-electron chi connectivity index (χ3n) is 6.80. The fourth-order valence-corrected chi connectivity index (χ4v) is 4.67. The maximum atomic E-state index is 13.8. The van der Waals surface area contributed by atoms with E-state index in [0.29, 0.717) is 45.1 Å². The SMILES string of the molecule is C/C(C=O)=C(/N=CN(C)C)c1ncc(-c2cc3c([C@@H](C)Nc4ccc(C)nc4C(F)(F)F)cc(C)cc3c(=O)n2C)cn1. The first-order valence-electron chi connectivity index (χ1n) is 13.4. The highest BCUT2D eigenvalue weighted by atomic mass is 19.4. The van der Waals surface area contributed by atoms with Gasteiger partial charge in [-0.1, -0.05) is 6.07 Å². The molecule has 1 atom stereocenters. The summed E-state index contributed by atoms with van der Waals surface area (Å²) in [7, 11) is 5.21. The van der Waals surface area contributed by atoms with E-state index in [-0.39, 0.29) is 22.8 Å². The Morgan fingerprint density at radius 3 is 2.37 bits per heavy atom. The molecule has 0 spiro atoms. The molecular weight excluding hydrogens is 559 g/mol. The van der Waals surface area contributed by atoms with Gasteiger partial charge in [0.25, 0.3) is 5.56 Å². The Morgan fingerprint density at radius 2 is 1.77 bits per heavy atom. The molecule has 0 aliphatic heterocycles. The van der Waals surface area contributed by atoms with Gasteiger partial charge in [-0.15, -0.1) is 0 Å². The second-order valence-corrected chi connectivity index (χ2v) is 10.6. The number of carbonyl (C=O) groups is 1. The lowest BCUT2D eigenvalue weighted by Crippen LogP contribution is -2.20. The topological polar surface area (TPSA) is 105 Å². The van der Waals surface area contributed by atoms with Crippen LogP contribution in [0.1, 0.15) is 48.2 Å². The van der Waals surface area contributed by atoms with Crippen LogP contribution in [0.5, 0.6) is 0 Å². The smallest absolute Gasteiger partial charge is 0.377 e. The number of aliphatic imine (C=N–C) groups is 1. The molecule has 3 heterocycles. The van der Waals surface area contributed by atoms with E-state index in [4.69, 9.17) is 0 Å². The molecule has 4 aromatic rings. The Labute approximate surface area is 246 Å². The Hall–Kier alpha value is -4.87. The van der Waals surface area contributed by atoms with Crippen LogP contribution in [0.4, 0.5) is 18.9 Å². The third kappa shape index (κ3) is 6.63. The van der Waals surface area contributed by atoms with Gasteiger partial charge < -0.3 is 14.8 Å². The number of aromatic nitrogens is 4. The molecule has 0 saturated heterocycles. The van der Waals surface area contributed by atoms with Gasteiger partial charge in [0.05, 0.1) is 17.7 Å². The van der Waals surface area contributed by atoms with Gasteiger partial charge in [-0.2, -0.15) is 13.2 Å². The van der Waals surface area contributed by atoms with Gasteiger partial charge in [-0.3, -0.25) is 9.59 Å². The predicted molar refractivity (Wildman–Crippen MR) is 162 cm³/mol. The van der Waals surface area contributed by atoms with Crippen molar-refractivity contribution in [2.24, 2.45) is 12.0 Å². The number of allylic oxidation sites excluding steroid dienone is 1. The number of nitrogens with zero attached hydrogens (tertiary/aromatic N) is 6. The van der Waals surface area contributed by atoms with E-state index < -0.39 is 17.9 Å². The lowest BCUT2D eigenvalue weighted by molar-refractivity contribution is -0.140. The highest BCUT2D eigenvalue weighted by Crippen LogP contribution is 2.36. The fraction of sp³-hybridized carbons (Fsp3) is 0.290. The summed E-state index contributed by atoms with van der Waals surface area (Å²) in [5, 5.41) is 3.97. The molecule has 0 radical (unpaired) electrons. The van der Waals surface area contributed by atoms with Gasteiger partial charge in [0.2, 0.25) is 0 Å². The van der Waals surface area contributed by atoms with Crippen LogP contribution in [0.15, 0.2) is 58.1 Å². The van der Waals surface area contributed by atoms with Crippen LogP contribution in [0.2, 0.25) is 0 Å². The standard InChI is InChI=1S/C31H32F3N7O2/c1-17-10-22(20(4)39-25-9-8-19(3)38-28(25)31(32,33)34)23-12-26(41(7)30(43)24(23)11-17)21-13-35-29(36-14-21)27(18(2)15-42)37-16-40(5)6/h8-16,20,39H,1-7H3/b27-18-,37-16?/t20-/m1/s1. The lowest BCUT2D eigenvalue weighted by atomic mass is 9.96. The number of alkyl halides is 3. The van der Waals surface area contributed by atoms with Crippen LogP contribution in [-0.2, 0) is 18.0 Å². The average Bonchev–Trinajstić information content (AvgIpc) is 2.95. The van der Waals surface area contributed by atoms with E-state index in [1.807, 2.05) is 13.0 Å². The van der Waals surface area contributed by atoms with Crippen molar-refractivity contribution in [3.63, 3.8) is 0 Å². The summed E-state index contributed by atoms with van der Waals surface area (Å²) in [5.74, 6) is 0.235. The Morgan fingerprint density at radius 1 is 1.09 bits per heavy atom. The summed E-state index contributed by atoms with van der Waals surface area (Å²) in [6.07, 6.45) is 0.644. The van der Waals surface area contributed by atoms with Crippen LogP contribution in [0.3, 0.4) is 0 Å². The minimum absolute atomic E-state index is 0.153. The maximum absolute atomic E-state index is 13.8. The number of fused-ring (bicyclic) bond motifs is 1. The second kappa shape index (κ2) is 12.2.